The van der Waals surface area contributed by atoms with Crippen molar-refractivity contribution in [3.8, 4) is 0 Å². The minimum absolute atomic E-state index is 0.146. The van der Waals surface area contributed by atoms with E-state index in [4.69, 9.17) is 11.6 Å². The first kappa shape index (κ1) is 14.0. The number of aromatic nitrogens is 1. The summed E-state index contributed by atoms with van der Waals surface area (Å²) in [4.78, 5) is 15.8. The second kappa shape index (κ2) is 7.28. The molecule has 1 heterocycles. The highest BCUT2D eigenvalue weighted by molar-refractivity contribution is 6.33. The summed E-state index contributed by atoms with van der Waals surface area (Å²) >= 11 is 5.93. The zero-order valence-corrected chi connectivity index (χ0v) is 11.1. The van der Waals surface area contributed by atoms with E-state index in [1.807, 2.05) is 6.92 Å². The van der Waals surface area contributed by atoms with Crippen LogP contribution in [-0.4, -0.2) is 16.9 Å². The third kappa shape index (κ3) is 4.73. The van der Waals surface area contributed by atoms with Gasteiger partial charge in [-0.05, 0) is 19.4 Å². The number of pyridine rings is 1. The normalized spacial score (nSPS) is 12.2. The summed E-state index contributed by atoms with van der Waals surface area (Å²) in [7, 11) is 0. The summed E-state index contributed by atoms with van der Waals surface area (Å²) in [5.74, 6) is -0.146. The molecule has 1 aromatic rings. The monoisotopic (exact) mass is 254 g/mol. The molecule has 1 rings (SSSR count). The Labute approximate surface area is 108 Å². The van der Waals surface area contributed by atoms with Gasteiger partial charge in [0.25, 0.3) is 5.91 Å². The zero-order chi connectivity index (χ0) is 12.7. The van der Waals surface area contributed by atoms with Crippen molar-refractivity contribution in [2.24, 2.45) is 0 Å². The van der Waals surface area contributed by atoms with Crippen molar-refractivity contribution in [2.45, 2.75) is 45.6 Å². The first-order chi connectivity index (χ1) is 8.15. The smallest absolute Gasteiger partial charge is 0.254 e. The number of amides is 1. The average Bonchev–Trinajstić information content (AvgIpc) is 2.29. The second-order valence-electron chi connectivity index (χ2n) is 4.23. The van der Waals surface area contributed by atoms with E-state index >= 15 is 0 Å². The molecular formula is C13H19ClN2O. The molecule has 0 aliphatic carbocycles. The van der Waals surface area contributed by atoms with Crippen LogP contribution in [0.2, 0.25) is 5.02 Å². The molecule has 1 unspecified atom stereocenters. The van der Waals surface area contributed by atoms with Gasteiger partial charge < -0.3 is 5.32 Å². The fraction of sp³-hybridized carbons (Fsp3) is 0.538. The molecule has 4 heteroatoms. The molecule has 0 radical (unpaired) electrons. The van der Waals surface area contributed by atoms with Crippen LogP contribution in [0.1, 0.15) is 49.9 Å². The van der Waals surface area contributed by atoms with Crippen LogP contribution >= 0.6 is 11.6 Å². The van der Waals surface area contributed by atoms with E-state index < -0.39 is 0 Å². The maximum atomic E-state index is 11.9. The summed E-state index contributed by atoms with van der Waals surface area (Å²) < 4.78 is 0. The van der Waals surface area contributed by atoms with Crippen LogP contribution < -0.4 is 5.32 Å². The largest absolute Gasteiger partial charge is 0.349 e. The molecule has 0 aromatic carbocycles. The predicted octanol–water partition coefficient (Wildman–Crippen LogP) is 3.43. The molecule has 94 valence electrons. The molecule has 1 amide bonds. The average molecular weight is 255 g/mol. The van der Waals surface area contributed by atoms with Crippen molar-refractivity contribution >= 4 is 17.5 Å². The highest BCUT2D eigenvalue weighted by Gasteiger charge is 2.12. The van der Waals surface area contributed by atoms with E-state index in [1.54, 1.807) is 12.3 Å². The molecule has 17 heavy (non-hydrogen) atoms. The van der Waals surface area contributed by atoms with Crippen molar-refractivity contribution in [3.63, 3.8) is 0 Å². The maximum absolute atomic E-state index is 11.9. The molecule has 0 saturated carbocycles. The lowest BCUT2D eigenvalue weighted by Crippen LogP contribution is -2.32. The molecule has 0 aliphatic heterocycles. The fourth-order valence-electron chi connectivity index (χ4n) is 1.62. The number of hydrogen-bond acceptors (Lipinski definition) is 2. The van der Waals surface area contributed by atoms with E-state index in [-0.39, 0.29) is 11.9 Å². The number of unbranched alkanes of at least 4 members (excludes halogenated alkanes) is 2. The van der Waals surface area contributed by atoms with Crippen molar-refractivity contribution in [3.05, 3.63) is 29.0 Å². The summed E-state index contributed by atoms with van der Waals surface area (Å²) in [5.41, 5.74) is 0.441. The van der Waals surface area contributed by atoms with Gasteiger partial charge >= 0.3 is 0 Å². The molecule has 0 aliphatic rings. The Morgan fingerprint density at radius 3 is 2.94 bits per heavy atom. The number of carbonyl (C=O) groups excluding carboxylic acids is 1. The Hall–Kier alpha value is -1.09. The third-order valence-corrected chi connectivity index (χ3v) is 2.96. The lowest BCUT2D eigenvalue weighted by molar-refractivity contribution is 0.0937. The molecule has 1 aromatic heterocycles. The van der Waals surface area contributed by atoms with Gasteiger partial charge in [-0.3, -0.25) is 9.78 Å². The number of nitrogens with one attached hydrogen (secondary N) is 1. The van der Waals surface area contributed by atoms with Crippen LogP contribution in [0.3, 0.4) is 0 Å². The van der Waals surface area contributed by atoms with Crippen LogP contribution in [0.25, 0.3) is 0 Å². The van der Waals surface area contributed by atoms with Gasteiger partial charge in [0.2, 0.25) is 0 Å². The number of rotatable bonds is 6. The van der Waals surface area contributed by atoms with E-state index in [9.17, 15) is 4.79 Å². The van der Waals surface area contributed by atoms with Crippen LogP contribution in [-0.2, 0) is 0 Å². The highest BCUT2D eigenvalue weighted by atomic mass is 35.5. The van der Waals surface area contributed by atoms with Crippen LogP contribution in [0, 0.1) is 0 Å². The zero-order valence-electron chi connectivity index (χ0n) is 10.4. The van der Waals surface area contributed by atoms with Crippen molar-refractivity contribution in [1.29, 1.82) is 0 Å². The molecule has 0 fully saturated rings. The molecule has 1 N–H and O–H groups in total. The van der Waals surface area contributed by atoms with E-state index in [1.165, 1.54) is 19.0 Å². The molecule has 0 bridgehead atoms. The SMILES string of the molecule is CCCCCC(C)NC(=O)c1cnccc1Cl. The van der Waals surface area contributed by atoms with Gasteiger partial charge in [0.1, 0.15) is 0 Å². The van der Waals surface area contributed by atoms with Gasteiger partial charge in [-0.1, -0.05) is 37.8 Å². The molecular weight excluding hydrogens is 236 g/mol. The first-order valence-electron chi connectivity index (χ1n) is 6.05. The maximum Gasteiger partial charge on any atom is 0.254 e. The molecule has 0 saturated heterocycles. The Morgan fingerprint density at radius 2 is 2.29 bits per heavy atom. The van der Waals surface area contributed by atoms with Crippen molar-refractivity contribution in [2.75, 3.05) is 0 Å². The number of nitrogens with zero attached hydrogens (tertiary/aromatic N) is 1. The lowest BCUT2D eigenvalue weighted by Gasteiger charge is -2.13. The van der Waals surface area contributed by atoms with E-state index in [0.29, 0.717) is 10.6 Å². The topological polar surface area (TPSA) is 42.0 Å². The summed E-state index contributed by atoms with van der Waals surface area (Å²) in [6.45, 7) is 4.18. The number of halogens is 1. The van der Waals surface area contributed by atoms with Gasteiger partial charge in [0, 0.05) is 18.4 Å². The first-order valence-corrected chi connectivity index (χ1v) is 6.43. The summed E-state index contributed by atoms with van der Waals surface area (Å²) in [6.07, 6.45) is 7.60. The number of hydrogen-bond donors (Lipinski definition) is 1. The van der Waals surface area contributed by atoms with Gasteiger partial charge in [-0.2, -0.15) is 0 Å². The Balaban J connectivity index is 2.46. The van der Waals surface area contributed by atoms with Gasteiger partial charge in [0.15, 0.2) is 0 Å². The third-order valence-electron chi connectivity index (χ3n) is 2.63. The van der Waals surface area contributed by atoms with E-state index in [2.05, 4.69) is 17.2 Å². The highest BCUT2D eigenvalue weighted by Crippen LogP contribution is 2.13. The molecule has 1 atom stereocenters. The quantitative estimate of drug-likeness (QED) is 0.791. The molecule has 3 nitrogen and oxygen atoms in total. The minimum atomic E-state index is -0.146. The van der Waals surface area contributed by atoms with Gasteiger partial charge in [-0.25, -0.2) is 0 Å². The van der Waals surface area contributed by atoms with Crippen LogP contribution in [0.5, 0.6) is 0 Å². The van der Waals surface area contributed by atoms with Gasteiger partial charge in [0.05, 0.1) is 10.6 Å². The van der Waals surface area contributed by atoms with Crippen LogP contribution in [0.4, 0.5) is 0 Å². The Morgan fingerprint density at radius 1 is 1.53 bits per heavy atom. The lowest BCUT2D eigenvalue weighted by atomic mass is 10.1. The van der Waals surface area contributed by atoms with Crippen molar-refractivity contribution < 1.29 is 4.79 Å². The summed E-state index contributed by atoms with van der Waals surface area (Å²) in [5, 5.41) is 3.38. The Bertz CT molecular complexity index is 368. The van der Waals surface area contributed by atoms with E-state index in [0.717, 1.165) is 12.8 Å². The number of carbonyl (C=O) groups is 1. The van der Waals surface area contributed by atoms with Gasteiger partial charge in [-0.15, -0.1) is 0 Å². The predicted molar refractivity (Wildman–Crippen MR) is 70.3 cm³/mol. The van der Waals surface area contributed by atoms with Crippen molar-refractivity contribution in [1.82, 2.24) is 10.3 Å². The fourth-order valence-corrected chi connectivity index (χ4v) is 1.81. The van der Waals surface area contributed by atoms with Crippen LogP contribution in [0.15, 0.2) is 18.5 Å². The minimum Gasteiger partial charge on any atom is -0.349 e. The molecule has 0 spiro atoms. The summed E-state index contributed by atoms with van der Waals surface area (Å²) in [6, 6.07) is 1.79. The standard InChI is InChI=1S/C13H19ClN2O/c1-3-4-5-6-10(2)16-13(17)11-9-15-8-7-12(11)14/h7-10H,3-6H2,1-2H3,(H,16,17). The Kier molecular flexibility index (Phi) is 5.98. The second-order valence-corrected chi connectivity index (χ2v) is 4.63.